The fourth-order valence-corrected chi connectivity index (χ4v) is 3.82. The number of likely N-dealkylation sites (tertiary alicyclic amines) is 1. The van der Waals surface area contributed by atoms with E-state index in [1.165, 1.54) is 11.1 Å². The Balaban J connectivity index is 1.51. The molecule has 2 aromatic rings. The molecule has 1 aliphatic heterocycles. The van der Waals surface area contributed by atoms with Gasteiger partial charge in [-0.05, 0) is 49.3 Å². The summed E-state index contributed by atoms with van der Waals surface area (Å²) in [5.74, 6) is -0.249. The molecule has 1 heterocycles. The average Bonchev–Trinajstić information content (AvgIpc) is 3.26. The number of hydrogen-bond acceptors (Lipinski definition) is 4. The summed E-state index contributed by atoms with van der Waals surface area (Å²) < 4.78 is 0. The van der Waals surface area contributed by atoms with Crippen LogP contribution in [0.3, 0.4) is 0 Å². The fourth-order valence-electron chi connectivity index (χ4n) is 3.82. The topological polar surface area (TPSA) is 101 Å². The smallest absolute Gasteiger partial charge is 0.243 e. The van der Waals surface area contributed by atoms with E-state index in [-0.39, 0.29) is 11.8 Å². The Labute approximate surface area is 178 Å². The molecule has 1 saturated heterocycles. The minimum absolute atomic E-state index is 0.116. The van der Waals surface area contributed by atoms with Crippen LogP contribution in [0.4, 0.5) is 0 Å². The highest BCUT2D eigenvalue weighted by molar-refractivity contribution is 5.90. The maximum atomic E-state index is 12.9. The number of benzene rings is 2. The molecule has 160 valence electrons. The molecule has 30 heavy (non-hydrogen) atoms. The van der Waals surface area contributed by atoms with Gasteiger partial charge in [0.2, 0.25) is 11.8 Å². The second-order valence-corrected chi connectivity index (χ2v) is 8.06. The van der Waals surface area contributed by atoms with Gasteiger partial charge in [-0.3, -0.25) is 9.59 Å². The number of aryl methyl sites for hydroxylation is 2. The summed E-state index contributed by atoms with van der Waals surface area (Å²) in [4.78, 5) is 27.3. The lowest BCUT2D eigenvalue weighted by Crippen LogP contribution is -2.51. The number of rotatable bonds is 8. The van der Waals surface area contributed by atoms with Crippen molar-refractivity contribution in [1.82, 2.24) is 10.2 Å². The van der Waals surface area contributed by atoms with Crippen molar-refractivity contribution in [2.75, 3.05) is 6.54 Å². The quantitative estimate of drug-likeness (QED) is 0.622. The Morgan fingerprint density at radius 1 is 1.07 bits per heavy atom. The van der Waals surface area contributed by atoms with Crippen molar-refractivity contribution in [3.8, 4) is 0 Å². The Morgan fingerprint density at radius 3 is 2.37 bits per heavy atom. The van der Waals surface area contributed by atoms with Gasteiger partial charge >= 0.3 is 0 Å². The zero-order chi connectivity index (χ0) is 21.5. The molecule has 0 bridgehead atoms. The van der Waals surface area contributed by atoms with Crippen molar-refractivity contribution in [1.29, 1.82) is 0 Å². The molecule has 2 aromatic carbocycles. The summed E-state index contributed by atoms with van der Waals surface area (Å²) >= 11 is 0. The fraction of sp³-hybridized carbons (Fsp3) is 0.417. The minimum Gasteiger partial charge on any atom is -0.350 e. The highest BCUT2D eigenvalue weighted by atomic mass is 16.2. The van der Waals surface area contributed by atoms with Crippen LogP contribution in [-0.4, -0.2) is 35.3 Å². The van der Waals surface area contributed by atoms with Crippen LogP contribution in [0.1, 0.15) is 41.5 Å². The molecule has 2 unspecified atom stereocenters. The average molecular weight is 409 g/mol. The third-order valence-electron chi connectivity index (χ3n) is 5.75. The van der Waals surface area contributed by atoms with Gasteiger partial charge < -0.3 is 21.7 Å². The van der Waals surface area contributed by atoms with Crippen LogP contribution >= 0.6 is 0 Å². The van der Waals surface area contributed by atoms with Crippen molar-refractivity contribution in [3.05, 3.63) is 70.8 Å². The molecule has 6 nitrogen and oxygen atoms in total. The Bertz CT molecular complexity index is 849. The minimum atomic E-state index is -0.594. The van der Waals surface area contributed by atoms with Crippen LogP contribution < -0.4 is 16.8 Å². The molecule has 2 amide bonds. The predicted octanol–water partition coefficient (Wildman–Crippen LogP) is 2.02. The van der Waals surface area contributed by atoms with Crippen LogP contribution in [0.15, 0.2) is 48.5 Å². The molecule has 0 aliphatic carbocycles. The molecule has 6 heteroatoms. The second kappa shape index (κ2) is 10.4. The lowest BCUT2D eigenvalue weighted by molar-refractivity contribution is -0.139. The summed E-state index contributed by atoms with van der Waals surface area (Å²) in [6.07, 6.45) is 2.81. The number of nitrogens with two attached hydrogens (primary N) is 2. The largest absolute Gasteiger partial charge is 0.350 e. The van der Waals surface area contributed by atoms with E-state index in [1.807, 2.05) is 31.2 Å². The van der Waals surface area contributed by atoms with Crippen molar-refractivity contribution in [2.24, 2.45) is 11.5 Å². The molecule has 0 spiro atoms. The number of amides is 2. The molecular weight excluding hydrogens is 376 g/mol. The summed E-state index contributed by atoms with van der Waals surface area (Å²) in [5, 5.41) is 2.96. The lowest BCUT2D eigenvalue weighted by atomic mass is 10.0. The van der Waals surface area contributed by atoms with E-state index < -0.39 is 12.1 Å². The first-order valence-corrected chi connectivity index (χ1v) is 10.6. The number of nitrogens with zero attached hydrogens (tertiary/aromatic N) is 1. The first-order chi connectivity index (χ1) is 14.5. The number of carbonyl (C=O) groups excluding carboxylic acids is 2. The van der Waals surface area contributed by atoms with Crippen LogP contribution in [0.5, 0.6) is 0 Å². The predicted molar refractivity (Wildman–Crippen MR) is 118 cm³/mol. The molecule has 1 fully saturated rings. The van der Waals surface area contributed by atoms with Gasteiger partial charge in [-0.15, -0.1) is 0 Å². The molecule has 1 aliphatic rings. The molecule has 3 rings (SSSR count). The molecule has 0 aromatic heterocycles. The third kappa shape index (κ3) is 5.68. The van der Waals surface area contributed by atoms with Gasteiger partial charge in [-0.25, -0.2) is 0 Å². The van der Waals surface area contributed by atoms with Gasteiger partial charge in [0.15, 0.2) is 0 Å². The standard InChI is InChI=1S/C24H32N4O2/c1-17-4-6-18(7-5-17)12-13-21(26)24(30)28-14-2-3-22(28)23(29)27-16-20-10-8-19(15-25)9-11-20/h4-11,21-22H,2-3,12-16,25-26H2,1H3,(H,27,29). The van der Waals surface area contributed by atoms with Gasteiger partial charge in [0.1, 0.15) is 6.04 Å². The summed E-state index contributed by atoms with van der Waals surface area (Å²) in [6.45, 7) is 3.56. The zero-order valence-corrected chi connectivity index (χ0v) is 17.6. The SMILES string of the molecule is Cc1ccc(CCC(N)C(=O)N2CCCC2C(=O)NCc2ccc(CN)cc2)cc1. The normalized spacial score (nSPS) is 17.0. The maximum Gasteiger partial charge on any atom is 0.243 e. The van der Waals surface area contributed by atoms with E-state index in [9.17, 15) is 9.59 Å². The highest BCUT2D eigenvalue weighted by Crippen LogP contribution is 2.19. The molecule has 5 N–H and O–H groups in total. The summed E-state index contributed by atoms with van der Waals surface area (Å²) in [7, 11) is 0. The monoisotopic (exact) mass is 408 g/mol. The van der Waals surface area contributed by atoms with Crippen LogP contribution in [0, 0.1) is 6.92 Å². The molecule has 0 saturated carbocycles. The van der Waals surface area contributed by atoms with Crippen molar-refractivity contribution >= 4 is 11.8 Å². The van der Waals surface area contributed by atoms with E-state index in [1.54, 1.807) is 4.90 Å². The first kappa shape index (κ1) is 22.0. The van der Waals surface area contributed by atoms with Gasteiger partial charge in [0, 0.05) is 19.6 Å². The number of carbonyl (C=O) groups is 2. The van der Waals surface area contributed by atoms with Gasteiger partial charge in [0.25, 0.3) is 0 Å². The number of hydrogen-bond donors (Lipinski definition) is 3. The van der Waals surface area contributed by atoms with Crippen molar-refractivity contribution in [2.45, 2.75) is 57.8 Å². The van der Waals surface area contributed by atoms with E-state index >= 15 is 0 Å². The molecule has 2 atom stereocenters. The van der Waals surface area contributed by atoms with Crippen LogP contribution in [-0.2, 0) is 29.1 Å². The molecule has 0 radical (unpaired) electrons. The third-order valence-corrected chi connectivity index (χ3v) is 5.75. The summed E-state index contributed by atoms with van der Waals surface area (Å²) in [6, 6.07) is 15.1. The van der Waals surface area contributed by atoms with Crippen molar-refractivity contribution in [3.63, 3.8) is 0 Å². The summed E-state index contributed by atoms with van der Waals surface area (Å²) in [5.41, 5.74) is 16.2. The second-order valence-electron chi connectivity index (χ2n) is 8.06. The number of nitrogens with one attached hydrogen (secondary N) is 1. The Morgan fingerprint density at radius 2 is 1.70 bits per heavy atom. The van der Waals surface area contributed by atoms with Gasteiger partial charge in [-0.2, -0.15) is 0 Å². The highest BCUT2D eigenvalue weighted by Gasteiger charge is 2.35. The van der Waals surface area contributed by atoms with Crippen LogP contribution in [0.2, 0.25) is 0 Å². The van der Waals surface area contributed by atoms with E-state index in [0.717, 1.165) is 24.0 Å². The van der Waals surface area contributed by atoms with Crippen LogP contribution in [0.25, 0.3) is 0 Å². The first-order valence-electron chi connectivity index (χ1n) is 10.6. The van der Waals surface area contributed by atoms with E-state index in [0.29, 0.717) is 32.5 Å². The van der Waals surface area contributed by atoms with E-state index in [2.05, 4.69) is 29.6 Å². The Hall–Kier alpha value is -2.70. The molecular formula is C24H32N4O2. The van der Waals surface area contributed by atoms with Gasteiger partial charge in [0.05, 0.1) is 6.04 Å². The Kier molecular flexibility index (Phi) is 7.60. The maximum absolute atomic E-state index is 12.9. The lowest BCUT2D eigenvalue weighted by Gasteiger charge is -2.26. The zero-order valence-electron chi connectivity index (χ0n) is 17.6. The van der Waals surface area contributed by atoms with Crippen molar-refractivity contribution < 1.29 is 9.59 Å². The van der Waals surface area contributed by atoms with Gasteiger partial charge in [-0.1, -0.05) is 54.1 Å². The van der Waals surface area contributed by atoms with E-state index in [4.69, 9.17) is 11.5 Å².